The predicted molar refractivity (Wildman–Crippen MR) is 72.0 cm³/mol. The number of halogens is 1. The van der Waals surface area contributed by atoms with Crippen molar-refractivity contribution in [1.82, 2.24) is 10.6 Å². The maximum absolute atomic E-state index is 5.14. The zero-order chi connectivity index (χ0) is 11.3. The van der Waals surface area contributed by atoms with E-state index < -0.39 is 0 Å². The number of rotatable bonds is 3. The molecule has 0 aromatic heterocycles. The summed E-state index contributed by atoms with van der Waals surface area (Å²) in [4.78, 5) is 0. The molecule has 1 aromatic carbocycles. The molecule has 0 aliphatic rings. The quantitative estimate of drug-likeness (QED) is 0.836. The summed E-state index contributed by atoms with van der Waals surface area (Å²) in [5, 5.41) is 6.99. The van der Waals surface area contributed by atoms with E-state index in [-0.39, 0.29) is 6.04 Å². The average Bonchev–Trinajstić information content (AvgIpc) is 2.18. The van der Waals surface area contributed by atoms with Crippen molar-refractivity contribution in [3.8, 4) is 0 Å². The first kappa shape index (κ1) is 12.5. The standard InChI is InChI=1S/C11H15BrN2S/c1-3-13-11(15)14-8(2)9-6-4-5-7-10(9)12/h4-8H,3H2,1-2H3,(H2,13,14,15)/t8-/m0/s1. The maximum Gasteiger partial charge on any atom is 0.166 e. The second-order valence-corrected chi connectivity index (χ2v) is 4.51. The molecule has 4 heteroatoms. The molecule has 0 fully saturated rings. The molecule has 1 atom stereocenters. The van der Waals surface area contributed by atoms with Gasteiger partial charge < -0.3 is 10.6 Å². The number of nitrogens with one attached hydrogen (secondary N) is 2. The van der Waals surface area contributed by atoms with Crippen LogP contribution in [0.3, 0.4) is 0 Å². The molecule has 82 valence electrons. The topological polar surface area (TPSA) is 24.1 Å². The highest BCUT2D eigenvalue weighted by Crippen LogP contribution is 2.22. The van der Waals surface area contributed by atoms with E-state index >= 15 is 0 Å². The minimum Gasteiger partial charge on any atom is -0.363 e. The van der Waals surface area contributed by atoms with Crippen LogP contribution in [0.15, 0.2) is 28.7 Å². The van der Waals surface area contributed by atoms with E-state index in [0.717, 1.165) is 11.0 Å². The fourth-order valence-corrected chi connectivity index (χ4v) is 2.26. The van der Waals surface area contributed by atoms with Crippen LogP contribution in [0.25, 0.3) is 0 Å². The van der Waals surface area contributed by atoms with Gasteiger partial charge in [-0.3, -0.25) is 0 Å². The smallest absolute Gasteiger partial charge is 0.166 e. The molecule has 1 aromatic rings. The summed E-state index contributed by atoms with van der Waals surface area (Å²) in [6, 6.07) is 8.34. The number of benzene rings is 1. The molecule has 0 saturated heterocycles. The molecule has 2 N–H and O–H groups in total. The number of thiocarbonyl (C=S) groups is 1. The number of hydrogen-bond acceptors (Lipinski definition) is 1. The van der Waals surface area contributed by atoms with Crippen molar-refractivity contribution in [2.24, 2.45) is 0 Å². The average molecular weight is 287 g/mol. The molecule has 0 heterocycles. The van der Waals surface area contributed by atoms with Gasteiger partial charge in [-0.2, -0.15) is 0 Å². The summed E-state index contributed by atoms with van der Waals surface area (Å²) in [7, 11) is 0. The second-order valence-electron chi connectivity index (χ2n) is 3.25. The first-order valence-corrected chi connectivity index (χ1v) is 6.14. The summed E-state index contributed by atoms with van der Waals surface area (Å²) >= 11 is 8.66. The van der Waals surface area contributed by atoms with Crippen LogP contribution in [0.5, 0.6) is 0 Å². The van der Waals surface area contributed by atoms with E-state index in [0.29, 0.717) is 5.11 Å². The Labute approximate surface area is 105 Å². The molecule has 0 aliphatic heterocycles. The first-order valence-electron chi connectivity index (χ1n) is 4.94. The van der Waals surface area contributed by atoms with Crippen molar-refractivity contribution >= 4 is 33.3 Å². The lowest BCUT2D eigenvalue weighted by atomic mass is 10.1. The Balaban J connectivity index is 2.65. The van der Waals surface area contributed by atoms with Crippen molar-refractivity contribution in [2.45, 2.75) is 19.9 Å². The Bertz CT molecular complexity index is 341. The van der Waals surface area contributed by atoms with Crippen LogP contribution in [0.2, 0.25) is 0 Å². The third-order valence-electron chi connectivity index (χ3n) is 2.06. The van der Waals surface area contributed by atoms with Gasteiger partial charge in [0.1, 0.15) is 0 Å². The summed E-state index contributed by atoms with van der Waals surface area (Å²) in [6.07, 6.45) is 0. The lowest BCUT2D eigenvalue weighted by molar-refractivity contribution is 0.699. The molecule has 0 amide bonds. The van der Waals surface area contributed by atoms with Crippen LogP contribution >= 0.6 is 28.1 Å². The van der Waals surface area contributed by atoms with Gasteiger partial charge in [0.05, 0.1) is 6.04 Å². The van der Waals surface area contributed by atoms with Gasteiger partial charge in [0.15, 0.2) is 5.11 Å². The minimum absolute atomic E-state index is 0.201. The van der Waals surface area contributed by atoms with E-state index in [2.05, 4.69) is 39.6 Å². The van der Waals surface area contributed by atoms with Gasteiger partial charge in [-0.15, -0.1) is 0 Å². The molecule has 0 unspecified atom stereocenters. The van der Waals surface area contributed by atoms with Gasteiger partial charge in [0.25, 0.3) is 0 Å². The Morgan fingerprint density at radius 1 is 1.47 bits per heavy atom. The molecule has 0 radical (unpaired) electrons. The van der Waals surface area contributed by atoms with Crippen molar-refractivity contribution in [3.05, 3.63) is 34.3 Å². The molecule has 0 spiro atoms. The van der Waals surface area contributed by atoms with Crippen LogP contribution in [-0.4, -0.2) is 11.7 Å². The third kappa shape index (κ3) is 3.80. The van der Waals surface area contributed by atoms with Gasteiger partial charge in [-0.05, 0) is 37.7 Å². The van der Waals surface area contributed by atoms with Gasteiger partial charge in [-0.1, -0.05) is 34.1 Å². The fourth-order valence-electron chi connectivity index (χ4n) is 1.31. The number of hydrogen-bond donors (Lipinski definition) is 2. The van der Waals surface area contributed by atoms with Crippen LogP contribution in [0, 0.1) is 0 Å². The lowest BCUT2D eigenvalue weighted by Gasteiger charge is -2.17. The van der Waals surface area contributed by atoms with E-state index in [1.807, 2.05) is 25.1 Å². The molecule has 2 nitrogen and oxygen atoms in total. The second kappa shape index (κ2) is 6.08. The summed E-state index contributed by atoms with van der Waals surface area (Å²) in [5.74, 6) is 0. The highest BCUT2D eigenvalue weighted by molar-refractivity contribution is 9.10. The van der Waals surface area contributed by atoms with Crippen molar-refractivity contribution in [2.75, 3.05) is 6.54 Å². The zero-order valence-electron chi connectivity index (χ0n) is 8.88. The summed E-state index contributed by atoms with van der Waals surface area (Å²) < 4.78 is 1.10. The Hall–Kier alpha value is -0.610. The van der Waals surface area contributed by atoms with Crippen LogP contribution < -0.4 is 10.6 Å². The fraction of sp³-hybridized carbons (Fsp3) is 0.364. The van der Waals surface area contributed by atoms with Gasteiger partial charge in [0.2, 0.25) is 0 Å². The molecule has 15 heavy (non-hydrogen) atoms. The Morgan fingerprint density at radius 2 is 2.13 bits per heavy atom. The van der Waals surface area contributed by atoms with E-state index in [9.17, 15) is 0 Å². The summed E-state index contributed by atoms with van der Waals surface area (Å²) in [5.41, 5.74) is 1.21. The third-order valence-corrected chi connectivity index (χ3v) is 3.04. The van der Waals surface area contributed by atoms with Gasteiger partial charge >= 0.3 is 0 Å². The van der Waals surface area contributed by atoms with Gasteiger partial charge in [-0.25, -0.2) is 0 Å². The lowest BCUT2D eigenvalue weighted by Crippen LogP contribution is -2.36. The van der Waals surface area contributed by atoms with E-state index in [1.54, 1.807) is 0 Å². The maximum atomic E-state index is 5.14. The SMILES string of the molecule is CCNC(=S)N[C@@H](C)c1ccccc1Br. The van der Waals surface area contributed by atoms with Crippen LogP contribution in [-0.2, 0) is 0 Å². The van der Waals surface area contributed by atoms with E-state index in [1.165, 1.54) is 5.56 Å². The van der Waals surface area contributed by atoms with Crippen molar-refractivity contribution < 1.29 is 0 Å². The van der Waals surface area contributed by atoms with Crippen molar-refractivity contribution in [3.63, 3.8) is 0 Å². The normalized spacial score (nSPS) is 11.9. The largest absolute Gasteiger partial charge is 0.363 e. The van der Waals surface area contributed by atoms with Crippen LogP contribution in [0.4, 0.5) is 0 Å². The monoisotopic (exact) mass is 286 g/mol. The molecule has 0 bridgehead atoms. The van der Waals surface area contributed by atoms with Gasteiger partial charge in [0, 0.05) is 11.0 Å². The highest BCUT2D eigenvalue weighted by atomic mass is 79.9. The van der Waals surface area contributed by atoms with E-state index in [4.69, 9.17) is 12.2 Å². The highest BCUT2D eigenvalue weighted by Gasteiger charge is 2.08. The zero-order valence-corrected chi connectivity index (χ0v) is 11.3. The predicted octanol–water partition coefficient (Wildman–Crippen LogP) is 2.99. The van der Waals surface area contributed by atoms with Crippen LogP contribution in [0.1, 0.15) is 25.5 Å². The Morgan fingerprint density at radius 3 is 2.73 bits per heavy atom. The molecule has 0 saturated carbocycles. The molecular formula is C11H15BrN2S. The molecule has 0 aliphatic carbocycles. The molecular weight excluding hydrogens is 272 g/mol. The van der Waals surface area contributed by atoms with Crippen molar-refractivity contribution in [1.29, 1.82) is 0 Å². The summed E-state index contributed by atoms with van der Waals surface area (Å²) in [6.45, 7) is 4.95. The minimum atomic E-state index is 0.201. The first-order chi connectivity index (χ1) is 7.15. The Kier molecular flexibility index (Phi) is 5.05. The molecule has 1 rings (SSSR count).